The van der Waals surface area contributed by atoms with Crippen molar-refractivity contribution in [2.75, 3.05) is 25.5 Å². The Morgan fingerprint density at radius 1 is 1.38 bits per heavy atom. The predicted molar refractivity (Wildman–Crippen MR) is 94.7 cm³/mol. The molecule has 0 saturated carbocycles. The lowest BCUT2D eigenvalue weighted by Crippen LogP contribution is -2.51. The van der Waals surface area contributed by atoms with Crippen molar-refractivity contribution in [3.63, 3.8) is 0 Å². The van der Waals surface area contributed by atoms with E-state index < -0.39 is 0 Å². The molecule has 2 heterocycles. The highest BCUT2D eigenvalue weighted by Gasteiger charge is 2.31. The first kappa shape index (κ1) is 18.2. The number of piperidine rings is 1. The fraction of sp³-hybridized carbons (Fsp3) is 0.611. The van der Waals surface area contributed by atoms with Crippen molar-refractivity contribution >= 4 is 17.6 Å². The van der Waals surface area contributed by atoms with Gasteiger partial charge in [-0.1, -0.05) is 6.92 Å². The third-order valence-electron chi connectivity index (χ3n) is 4.32. The van der Waals surface area contributed by atoms with Crippen LogP contribution < -0.4 is 10.2 Å². The molecule has 0 aromatic carbocycles. The second kappa shape index (κ2) is 8.66. The molecule has 6 heteroatoms. The number of hydrogen-bond donors (Lipinski definition) is 1. The molecule has 1 atom stereocenters. The molecule has 1 saturated heterocycles. The van der Waals surface area contributed by atoms with Crippen LogP contribution in [0.1, 0.15) is 44.6 Å². The summed E-state index contributed by atoms with van der Waals surface area (Å²) in [7, 11) is 3.87. The van der Waals surface area contributed by atoms with E-state index in [1.54, 1.807) is 11.1 Å². The standard InChI is InChI=1S/C18H28N4O2/c1-4-7-17(23)22-11-6-5-8-15(22)18(24)20-13-14-9-10-19-16(12-14)21(2)3/h9-10,12,15H,4-8,11,13H2,1-3H3,(H,20,24)/t15-/m1/s1. The molecule has 0 spiro atoms. The maximum atomic E-state index is 12.6. The number of amides is 2. The molecule has 6 nitrogen and oxygen atoms in total. The molecule has 132 valence electrons. The van der Waals surface area contributed by atoms with Crippen LogP contribution in [0.5, 0.6) is 0 Å². The normalized spacial score (nSPS) is 17.5. The average molecular weight is 332 g/mol. The molecular formula is C18H28N4O2. The van der Waals surface area contributed by atoms with Crippen molar-refractivity contribution < 1.29 is 9.59 Å². The Balaban J connectivity index is 1.97. The number of pyridine rings is 1. The quantitative estimate of drug-likeness (QED) is 0.865. The van der Waals surface area contributed by atoms with Gasteiger partial charge in [-0.2, -0.15) is 0 Å². The van der Waals surface area contributed by atoms with Gasteiger partial charge in [-0.05, 0) is 43.4 Å². The van der Waals surface area contributed by atoms with Gasteiger partial charge >= 0.3 is 0 Å². The van der Waals surface area contributed by atoms with Crippen molar-refractivity contribution in [3.8, 4) is 0 Å². The van der Waals surface area contributed by atoms with Crippen molar-refractivity contribution in [2.45, 2.75) is 51.6 Å². The van der Waals surface area contributed by atoms with Crippen molar-refractivity contribution in [3.05, 3.63) is 23.9 Å². The Bertz CT molecular complexity index is 574. The van der Waals surface area contributed by atoms with E-state index >= 15 is 0 Å². The third kappa shape index (κ3) is 4.69. The highest BCUT2D eigenvalue weighted by Crippen LogP contribution is 2.19. The third-order valence-corrected chi connectivity index (χ3v) is 4.32. The second-order valence-corrected chi connectivity index (χ2v) is 6.48. The summed E-state index contributed by atoms with van der Waals surface area (Å²) >= 11 is 0. The van der Waals surface area contributed by atoms with Gasteiger partial charge in [-0.3, -0.25) is 9.59 Å². The number of nitrogens with one attached hydrogen (secondary N) is 1. The zero-order valence-electron chi connectivity index (χ0n) is 14.9. The van der Waals surface area contributed by atoms with Crippen LogP contribution in [0.3, 0.4) is 0 Å². The molecule has 1 aliphatic rings. The van der Waals surface area contributed by atoms with Gasteiger partial charge in [0.05, 0.1) is 0 Å². The Morgan fingerprint density at radius 2 is 2.17 bits per heavy atom. The predicted octanol–water partition coefficient (Wildman–Crippen LogP) is 1.94. The molecule has 1 N–H and O–H groups in total. The summed E-state index contributed by atoms with van der Waals surface area (Å²) in [6, 6.07) is 3.53. The van der Waals surface area contributed by atoms with Gasteiger partial charge in [0.15, 0.2) is 0 Å². The SMILES string of the molecule is CCCC(=O)N1CCCC[C@@H]1C(=O)NCc1ccnc(N(C)C)c1. The zero-order valence-corrected chi connectivity index (χ0v) is 14.9. The first-order valence-electron chi connectivity index (χ1n) is 8.72. The lowest BCUT2D eigenvalue weighted by atomic mass is 10.0. The van der Waals surface area contributed by atoms with Crippen LogP contribution in [0.4, 0.5) is 5.82 Å². The van der Waals surface area contributed by atoms with E-state index in [0.29, 0.717) is 19.5 Å². The molecule has 2 amide bonds. The highest BCUT2D eigenvalue weighted by molar-refractivity contribution is 5.87. The molecule has 1 aliphatic heterocycles. The summed E-state index contributed by atoms with van der Waals surface area (Å²) in [6.45, 7) is 3.13. The maximum Gasteiger partial charge on any atom is 0.243 e. The topological polar surface area (TPSA) is 65.5 Å². The molecule has 0 aliphatic carbocycles. The maximum absolute atomic E-state index is 12.6. The van der Waals surface area contributed by atoms with E-state index in [1.165, 1.54) is 0 Å². The van der Waals surface area contributed by atoms with Crippen LogP contribution >= 0.6 is 0 Å². The number of carbonyl (C=O) groups excluding carboxylic acids is 2. The highest BCUT2D eigenvalue weighted by atomic mass is 16.2. The molecule has 0 radical (unpaired) electrons. The Hall–Kier alpha value is -2.11. The zero-order chi connectivity index (χ0) is 17.5. The molecule has 24 heavy (non-hydrogen) atoms. The Morgan fingerprint density at radius 3 is 2.88 bits per heavy atom. The molecule has 2 rings (SSSR count). The lowest BCUT2D eigenvalue weighted by molar-refractivity contribution is -0.142. The number of likely N-dealkylation sites (tertiary alicyclic amines) is 1. The fourth-order valence-corrected chi connectivity index (χ4v) is 2.98. The van der Waals surface area contributed by atoms with E-state index in [1.807, 2.05) is 38.1 Å². The Labute approximate surface area is 144 Å². The average Bonchev–Trinajstić information content (AvgIpc) is 2.60. The van der Waals surface area contributed by atoms with Crippen molar-refractivity contribution in [2.24, 2.45) is 0 Å². The van der Waals surface area contributed by atoms with Gasteiger partial charge < -0.3 is 15.1 Å². The minimum atomic E-state index is -0.326. The first-order valence-corrected chi connectivity index (χ1v) is 8.72. The summed E-state index contributed by atoms with van der Waals surface area (Å²) in [5.74, 6) is 0.901. The number of aromatic nitrogens is 1. The van der Waals surface area contributed by atoms with Crippen LogP contribution in [-0.4, -0.2) is 48.4 Å². The van der Waals surface area contributed by atoms with Gasteiger partial charge in [-0.25, -0.2) is 4.98 Å². The number of hydrogen-bond acceptors (Lipinski definition) is 4. The Kier molecular flexibility index (Phi) is 6.58. The summed E-state index contributed by atoms with van der Waals surface area (Å²) < 4.78 is 0. The molecule has 1 fully saturated rings. The van der Waals surface area contributed by atoms with Gasteiger partial charge in [-0.15, -0.1) is 0 Å². The monoisotopic (exact) mass is 332 g/mol. The largest absolute Gasteiger partial charge is 0.363 e. The fourth-order valence-electron chi connectivity index (χ4n) is 2.98. The van der Waals surface area contributed by atoms with Gasteiger partial charge in [0.25, 0.3) is 0 Å². The van der Waals surface area contributed by atoms with E-state index in [4.69, 9.17) is 0 Å². The summed E-state index contributed by atoms with van der Waals surface area (Å²) in [6.07, 6.45) is 5.80. The van der Waals surface area contributed by atoms with E-state index in [2.05, 4.69) is 10.3 Å². The van der Waals surface area contributed by atoms with E-state index in [9.17, 15) is 9.59 Å². The minimum Gasteiger partial charge on any atom is -0.363 e. The minimum absolute atomic E-state index is 0.0534. The lowest BCUT2D eigenvalue weighted by Gasteiger charge is -2.34. The molecule has 1 aromatic rings. The van der Waals surface area contributed by atoms with Gasteiger partial charge in [0.1, 0.15) is 11.9 Å². The van der Waals surface area contributed by atoms with Crippen LogP contribution in [0.2, 0.25) is 0 Å². The van der Waals surface area contributed by atoms with E-state index in [0.717, 1.165) is 37.1 Å². The summed E-state index contributed by atoms with van der Waals surface area (Å²) in [4.78, 5) is 32.8. The number of carbonyl (C=O) groups is 2. The van der Waals surface area contributed by atoms with Crippen LogP contribution in [0, 0.1) is 0 Å². The van der Waals surface area contributed by atoms with Crippen LogP contribution in [0.25, 0.3) is 0 Å². The van der Waals surface area contributed by atoms with Gasteiger partial charge in [0.2, 0.25) is 11.8 Å². The molecule has 0 unspecified atom stereocenters. The summed E-state index contributed by atoms with van der Waals surface area (Å²) in [5.41, 5.74) is 1.00. The molecule has 1 aromatic heterocycles. The van der Waals surface area contributed by atoms with E-state index in [-0.39, 0.29) is 17.9 Å². The smallest absolute Gasteiger partial charge is 0.243 e. The van der Waals surface area contributed by atoms with Crippen LogP contribution in [0.15, 0.2) is 18.3 Å². The van der Waals surface area contributed by atoms with Crippen molar-refractivity contribution in [1.82, 2.24) is 15.2 Å². The van der Waals surface area contributed by atoms with Crippen molar-refractivity contribution in [1.29, 1.82) is 0 Å². The first-order chi connectivity index (χ1) is 11.5. The van der Waals surface area contributed by atoms with Crippen LogP contribution in [-0.2, 0) is 16.1 Å². The number of rotatable bonds is 6. The van der Waals surface area contributed by atoms with Gasteiger partial charge in [0, 0.05) is 39.8 Å². The molecular weight excluding hydrogens is 304 g/mol. The molecule has 0 bridgehead atoms. The number of anilines is 1. The summed E-state index contributed by atoms with van der Waals surface area (Å²) in [5, 5.41) is 2.98. The second-order valence-electron chi connectivity index (χ2n) is 6.48. The number of nitrogens with zero attached hydrogens (tertiary/aromatic N) is 3.